The lowest BCUT2D eigenvalue weighted by atomic mass is 10.1. The Morgan fingerprint density at radius 1 is 1.44 bits per heavy atom. The molecule has 0 aromatic carbocycles. The second-order valence-electron chi connectivity index (χ2n) is 6.74. The molecule has 7 N–H and O–H groups in total. The molecule has 1 fully saturated rings. The summed E-state index contributed by atoms with van der Waals surface area (Å²) in [5, 5.41) is 31.6. The van der Waals surface area contributed by atoms with Crippen molar-refractivity contribution in [3.8, 4) is 0 Å². The summed E-state index contributed by atoms with van der Waals surface area (Å²) < 4.78 is 38.1. The van der Waals surface area contributed by atoms with E-state index in [1.165, 1.54) is 6.92 Å². The molecule has 0 spiro atoms. The summed E-state index contributed by atoms with van der Waals surface area (Å²) in [6.45, 7) is -0.394. The number of carbonyl (C=O) groups is 3. The van der Waals surface area contributed by atoms with E-state index < -0.39 is 79.1 Å². The van der Waals surface area contributed by atoms with Gasteiger partial charge in [0.15, 0.2) is 12.1 Å². The highest BCUT2D eigenvalue weighted by Crippen LogP contribution is 2.41. The molecule has 178 valence electrons. The average molecular weight is 465 g/mol. The van der Waals surface area contributed by atoms with Crippen LogP contribution >= 0.6 is 0 Å². The van der Waals surface area contributed by atoms with Crippen LogP contribution in [0, 0.1) is 0 Å². The molecule has 0 radical (unpaired) electrons. The first kappa shape index (κ1) is 25.1. The highest BCUT2D eigenvalue weighted by Gasteiger charge is 2.59. The van der Waals surface area contributed by atoms with Crippen LogP contribution in [-0.4, -0.2) is 86.3 Å². The van der Waals surface area contributed by atoms with Crippen molar-refractivity contribution in [2.24, 2.45) is 5.73 Å². The number of amides is 2. The Kier molecular flexibility index (Phi) is 7.78. The van der Waals surface area contributed by atoms with Gasteiger partial charge in [0.1, 0.15) is 18.5 Å². The quantitative estimate of drug-likeness (QED) is 0.238. The van der Waals surface area contributed by atoms with Gasteiger partial charge in [-0.05, 0) is 13.0 Å². The monoisotopic (exact) mass is 465 g/mol. The van der Waals surface area contributed by atoms with Gasteiger partial charge in [0.2, 0.25) is 12.1 Å². The number of aromatic nitrogens is 2. The van der Waals surface area contributed by atoms with E-state index in [0.29, 0.717) is 4.57 Å². The second-order valence-corrected chi connectivity index (χ2v) is 6.74. The van der Waals surface area contributed by atoms with Gasteiger partial charge in [-0.1, -0.05) is 0 Å². The van der Waals surface area contributed by atoms with Crippen LogP contribution in [0.1, 0.15) is 13.2 Å². The van der Waals surface area contributed by atoms with Gasteiger partial charge in [-0.2, -0.15) is 13.8 Å². The first-order valence-corrected chi connectivity index (χ1v) is 9.02. The summed E-state index contributed by atoms with van der Waals surface area (Å²) in [6.07, 6.45) is -6.68. The molecule has 1 saturated heterocycles. The number of rotatable bonds is 8. The number of carboxylic acid groups (broad SMARTS) is 1. The van der Waals surface area contributed by atoms with E-state index in [0.717, 1.165) is 12.3 Å². The summed E-state index contributed by atoms with van der Waals surface area (Å²) in [5.74, 6) is -6.65. The fourth-order valence-corrected chi connectivity index (χ4v) is 2.56. The molecule has 1 aromatic rings. The SMILES string of the molecule is C[C@H](N)C(=O)N[C@@H](COC(=O)Nc1ccn([C@@H]2O[C@H](CO)[C@@H](O)C2(F)F)c(=O)n1)C(=O)O. The largest absolute Gasteiger partial charge is 0.480 e. The number of nitrogens with one attached hydrogen (secondary N) is 2. The predicted octanol–water partition coefficient (Wildman–Crippen LogP) is -2.41. The number of hydrogen-bond acceptors (Lipinski definition) is 10. The Labute approximate surface area is 177 Å². The highest BCUT2D eigenvalue weighted by molar-refractivity contribution is 5.87. The number of nitrogens with two attached hydrogens (primary N) is 1. The number of hydrogen-bond donors (Lipinski definition) is 6. The average Bonchev–Trinajstić information content (AvgIpc) is 2.93. The normalized spacial score (nSPS) is 23.8. The Morgan fingerprint density at radius 3 is 2.59 bits per heavy atom. The summed E-state index contributed by atoms with van der Waals surface area (Å²) >= 11 is 0. The molecule has 1 aliphatic rings. The molecule has 1 aliphatic heterocycles. The minimum atomic E-state index is -3.91. The molecule has 0 unspecified atom stereocenters. The van der Waals surface area contributed by atoms with Crippen LogP contribution in [0.2, 0.25) is 0 Å². The van der Waals surface area contributed by atoms with E-state index in [-0.39, 0.29) is 0 Å². The lowest BCUT2D eigenvalue weighted by Gasteiger charge is -2.21. The van der Waals surface area contributed by atoms with Crippen LogP contribution < -0.4 is 22.1 Å². The van der Waals surface area contributed by atoms with Crippen LogP contribution in [0.15, 0.2) is 17.1 Å². The van der Waals surface area contributed by atoms with E-state index in [2.05, 4.69) is 9.72 Å². The number of anilines is 1. The molecule has 0 aliphatic carbocycles. The van der Waals surface area contributed by atoms with Gasteiger partial charge in [-0.25, -0.2) is 14.4 Å². The van der Waals surface area contributed by atoms with Crippen molar-refractivity contribution in [3.63, 3.8) is 0 Å². The molecule has 2 heterocycles. The van der Waals surface area contributed by atoms with Crippen molar-refractivity contribution in [2.45, 2.75) is 43.4 Å². The van der Waals surface area contributed by atoms with Gasteiger partial charge >= 0.3 is 23.7 Å². The molecule has 16 heteroatoms. The second kappa shape index (κ2) is 9.94. The Hall–Kier alpha value is -3.21. The third-order valence-electron chi connectivity index (χ3n) is 4.28. The lowest BCUT2D eigenvalue weighted by molar-refractivity contribution is -0.143. The molecule has 2 amide bonds. The number of carbonyl (C=O) groups excluding carboxylic acids is 2. The third kappa shape index (κ3) is 5.52. The van der Waals surface area contributed by atoms with Gasteiger partial charge in [0, 0.05) is 6.20 Å². The lowest BCUT2D eigenvalue weighted by Crippen LogP contribution is -2.49. The van der Waals surface area contributed by atoms with E-state index in [9.17, 15) is 33.1 Å². The number of carboxylic acids is 1. The standard InChI is InChI=1S/C16H21F2N5O9/c1-6(19)11(26)20-7(12(27)28)5-31-15(30)22-9-2-3-23(14(29)21-9)13-16(17,18)10(25)8(4-24)32-13/h2-3,6-8,10,13,24-25H,4-5,19H2,1H3,(H,20,26)(H,27,28)(H,21,22,29,30)/t6-,7-,8+,10+,13+/m0/s1. The number of nitrogens with zero attached hydrogens (tertiary/aromatic N) is 2. The van der Waals surface area contributed by atoms with Gasteiger partial charge in [0.25, 0.3) is 0 Å². The molecule has 0 bridgehead atoms. The van der Waals surface area contributed by atoms with E-state index in [1.807, 2.05) is 10.6 Å². The van der Waals surface area contributed by atoms with Crippen LogP contribution in [0.5, 0.6) is 0 Å². The zero-order chi connectivity index (χ0) is 24.2. The van der Waals surface area contributed by atoms with Gasteiger partial charge in [0.05, 0.1) is 12.6 Å². The molecule has 5 atom stereocenters. The maximum Gasteiger partial charge on any atom is 0.412 e. The minimum absolute atomic E-state index is 0.360. The van der Waals surface area contributed by atoms with Crippen molar-refractivity contribution in [1.82, 2.24) is 14.9 Å². The predicted molar refractivity (Wildman–Crippen MR) is 98.6 cm³/mol. The Morgan fingerprint density at radius 2 is 2.09 bits per heavy atom. The summed E-state index contributed by atoms with van der Waals surface area (Å²) in [6, 6.07) is -1.67. The fraction of sp³-hybridized carbons (Fsp3) is 0.562. The minimum Gasteiger partial charge on any atom is -0.480 e. The van der Waals surface area contributed by atoms with Gasteiger partial charge in [-0.15, -0.1) is 0 Å². The summed E-state index contributed by atoms with van der Waals surface area (Å²) in [4.78, 5) is 49.9. The molecule has 32 heavy (non-hydrogen) atoms. The van der Waals surface area contributed by atoms with E-state index in [4.69, 9.17) is 20.7 Å². The van der Waals surface area contributed by atoms with Crippen LogP contribution in [-0.2, 0) is 19.1 Å². The molecule has 14 nitrogen and oxygen atoms in total. The zero-order valence-corrected chi connectivity index (χ0v) is 16.5. The summed E-state index contributed by atoms with van der Waals surface area (Å²) in [7, 11) is 0. The van der Waals surface area contributed by atoms with Crippen molar-refractivity contribution in [2.75, 3.05) is 18.5 Å². The molecular formula is C16H21F2N5O9. The van der Waals surface area contributed by atoms with Gasteiger partial charge in [-0.3, -0.25) is 14.7 Å². The van der Waals surface area contributed by atoms with Crippen LogP contribution in [0.4, 0.5) is 19.4 Å². The fourth-order valence-electron chi connectivity index (χ4n) is 2.56. The molecular weight excluding hydrogens is 444 g/mol. The van der Waals surface area contributed by atoms with Crippen molar-refractivity contribution in [1.29, 1.82) is 0 Å². The van der Waals surface area contributed by atoms with Crippen molar-refractivity contribution < 1.29 is 48.0 Å². The first-order valence-electron chi connectivity index (χ1n) is 9.02. The number of aliphatic hydroxyl groups is 2. The van der Waals surface area contributed by atoms with Crippen LogP contribution in [0.3, 0.4) is 0 Å². The molecule has 0 saturated carbocycles. The Balaban J connectivity index is 2.03. The van der Waals surface area contributed by atoms with E-state index in [1.54, 1.807) is 0 Å². The number of halogens is 2. The summed E-state index contributed by atoms with van der Waals surface area (Å²) in [5.41, 5.74) is 4.02. The number of aliphatic hydroxyl groups excluding tert-OH is 2. The molecule has 1 aromatic heterocycles. The molecule has 2 rings (SSSR count). The van der Waals surface area contributed by atoms with E-state index >= 15 is 0 Å². The first-order chi connectivity index (χ1) is 14.9. The van der Waals surface area contributed by atoms with Gasteiger partial charge < -0.3 is 35.8 Å². The zero-order valence-electron chi connectivity index (χ0n) is 16.5. The maximum atomic E-state index is 14.1. The highest BCUT2D eigenvalue weighted by atomic mass is 19.3. The number of ether oxygens (including phenoxy) is 2. The topological polar surface area (TPSA) is 215 Å². The van der Waals surface area contributed by atoms with Crippen molar-refractivity contribution >= 4 is 23.8 Å². The third-order valence-corrected chi connectivity index (χ3v) is 4.28. The Bertz CT molecular complexity index is 925. The number of aliphatic carboxylic acids is 1. The number of alkyl halides is 2. The smallest absolute Gasteiger partial charge is 0.412 e. The van der Waals surface area contributed by atoms with Crippen LogP contribution in [0.25, 0.3) is 0 Å². The van der Waals surface area contributed by atoms with Crippen molar-refractivity contribution in [3.05, 3.63) is 22.7 Å². The maximum absolute atomic E-state index is 14.1.